The molecule has 2 aromatic heterocycles. The topological polar surface area (TPSA) is 29.3 Å². The maximum absolute atomic E-state index is 5.39. The van der Waals surface area contributed by atoms with Crippen LogP contribution in [-0.2, 0) is 13.0 Å². The smallest absolute Gasteiger partial charge is 0.162 e. The van der Waals surface area contributed by atoms with Crippen LogP contribution in [0, 0.1) is 0 Å². The summed E-state index contributed by atoms with van der Waals surface area (Å²) >= 11 is 1.64. The number of para-hydroxylation sites is 1. The van der Waals surface area contributed by atoms with Crippen LogP contribution in [0.2, 0.25) is 0 Å². The fraction of sp³-hybridized carbons (Fsp3) is 0.188. The average molecular weight is 282 g/mol. The van der Waals surface area contributed by atoms with Crippen LogP contribution >= 0.6 is 11.3 Å². The molecule has 0 saturated heterocycles. The first-order chi connectivity index (χ1) is 9.90. The van der Waals surface area contributed by atoms with Crippen molar-refractivity contribution >= 4 is 17.0 Å². The Labute approximate surface area is 121 Å². The van der Waals surface area contributed by atoms with E-state index < -0.39 is 0 Å². The van der Waals surface area contributed by atoms with E-state index in [9.17, 15) is 0 Å². The van der Waals surface area contributed by atoms with Gasteiger partial charge in [-0.3, -0.25) is 0 Å². The predicted octanol–water partition coefficient (Wildman–Crippen LogP) is 3.97. The van der Waals surface area contributed by atoms with Gasteiger partial charge in [0.25, 0.3) is 0 Å². The third-order valence-corrected chi connectivity index (χ3v) is 4.53. The maximum Gasteiger partial charge on any atom is 0.162 e. The molecule has 0 fully saturated rings. The lowest BCUT2D eigenvalue weighted by molar-refractivity contribution is 0.581. The number of rotatable bonds is 3. The molecular formula is C16H14N2OS. The Morgan fingerprint density at radius 3 is 3.05 bits per heavy atom. The zero-order chi connectivity index (χ0) is 13.4. The Hall–Kier alpha value is -2.07. The van der Waals surface area contributed by atoms with E-state index in [0.29, 0.717) is 0 Å². The molecule has 100 valence electrons. The third kappa shape index (κ3) is 2.02. The highest BCUT2D eigenvalue weighted by atomic mass is 32.1. The molecule has 1 aromatic carbocycles. The van der Waals surface area contributed by atoms with Gasteiger partial charge in [-0.25, -0.2) is 4.98 Å². The Balaban J connectivity index is 1.56. The minimum Gasteiger partial charge on any atom is -0.462 e. The Bertz CT molecular complexity index is 718. The molecule has 3 aromatic rings. The number of aromatic nitrogens is 1. The molecule has 0 bridgehead atoms. The first-order valence-corrected chi connectivity index (χ1v) is 7.59. The van der Waals surface area contributed by atoms with Crippen LogP contribution in [0.3, 0.4) is 0 Å². The van der Waals surface area contributed by atoms with E-state index in [0.717, 1.165) is 36.0 Å². The lowest BCUT2D eigenvalue weighted by Crippen LogP contribution is -2.19. The van der Waals surface area contributed by atoms with E-state index in [1.54, 1.807) is 17.6 Å². The highest BCUT2D eigenvalue weighted by Gasteiger charge is 2.19. The van der Waals surface area contributed by atoms with Crippen molar-refractivity contribution in [1.82, 2.24) is 4.98 Å². The predicted molar refractivity (Wildman–Crippen MR) is 81.0 cm³/mol. The number of fused-ring (bicyclic) bond motifs is 1. The summed E-state index contributed by atoms with van der Waals surface area (Å²) in [6, 6.07) is 12.5. The lowest BCUT2D eigenvalue weighted by atomic mass is 10.2. The van der Waals surface area contributed by atoms with Gasteiger partial charge in [0.2, 0.25) is 0 Å². The maximum atomic E-state index is 5.39. The molecule has 3 heterocycles. The van der Waals surface area contributed by atoms with Gasteiger partial charge in [-0.2, -0.15) is 0 Å². The van der Waals surface area contributed by atoms with Crippen molar-refractivity contribution in [2.75, 3.05) is 11.4 Å². The molecule has 0 saturated carbocycles. The molecule has 0 amide bonds. The molecule has 0 N–H and O–H groups in total. The molecule has 0 atom stereocenters. The summed E-state index contributed by atoms with van der Waals surface area (Å²) in [6.07, 6.45) is 2.82. The zero-order valence-electron chi connectivity index (χ0n) is 11.0. The zero-order valence-corrected chi connectivity index (χ0v) is 11.8. The lowest BCUT2D eigenvalue weighted by Gasteiger charge is -2.17. The number of thiazole rings is 1. The summed E-state index contributed by atoms with van der Waals surface area (Å²) in [7, 11) is 0. The van der Waals surface area contributed by atoms with E-state index in [1.807, 2.05) is 12.1 Å². The van der Waals surface area contributed by atoms with E-state index >= 15 is 0 Å². The van der Waals surface area contributed by atoms with Gasteiger partial charge in [0.1, 0.15) is 0 Å². The molecular weight excluding hydrogens is 268 g/mol. The number of furan rings is 1. The number of hydrogen-bond acceptors (Lipinski definition) is 4. The molecule has 20 heavy (non-hydrogen) atoms. The molecule has 1 aliphatic rings. The van der Waals surface area contributed by atoms with E-state index in [1.165, 1.54) is 11.3 Å². The minimum absolute atomic E-state index is 0.850. The molecule has 0 radical (unpaired) electrons. The summed E-state index contributed by atoms with van der Waals surface area (Å²) in [6.45, 7) is 1.95. The van der Waals surface area contributed by atoms with Crippen LogP contribution in [0.5, 0.6) is 0 Å². The fourth-order valence-electron chi connectivity index (χ4n) is 2.66. The minimum atomic E-state index is 0.850. The van der Waals surface area contributed by atoms with Gasteiger partial charge in [-0.15, -0.1) is 11.3 Å². The Morgan fingerprint density at radius 1 is 1.20 bits per heavy atom. The van der Waals surface area contributed by atoms with Crippen molar-refractivity contribution in [3.8, 4) is 10.8 Å². The molecule has 0 spiro atoms. The Kier molecular flexibility index (Phi) is 2.81. The van der Waals surface area contributed by atoms with Gasteiger partial charge in [0.15, 0.2) is 10.8 Å². The summed E-state index contributed by atoms with van der Waals surface area (Å²) in [5.41, 5.74) is 3.90. The summed E-state index contributed by atoms with van der Waals surface area (Å²) < 4.78 is 5.39. The van der Waals surface area contributed by atoms with Crippen molar-refractivity contribution in [3.63, 3.8) is 0 Å². The molecule has 4 heteroatoms. The highest BCUT2D eigenvalue weighted by Crippen LogP contribution is 2.30. The molecule has 3 nitrogen and oxygen atoms in total. The first-order valence-electron chi connectivity index (χ1n) is 6.71. The van der Waals surface area contributed by atoms with E-state index in [4.69, 9.17) is 4.42 Å². The van der Waals surface area contributed by atoms with Gasteiger partial charge < -0.3 is 9.32 Å². The number of hydrogen-bond donors (Lipinski definition) is 0. The van der Waals surface area contributed by atoms with Gasteiger partial charge in [0.05, 0.1) is 18.5 Å². The quantitative estimate of drug-likeness (QED) is 0.728. The number of anilines is 1. The molecule has 0 aliphatic carbocycles. The second-order valence-corrected chi connectivity index (χ2v) is 5.78. The average Bonchev–Trinajstić information content (AvgIpc) is 3.19. The van der Waals surface area contributed by atoms with Crippen LogP contribution in [-0.4, -0.2) is 11.5 Å². The molecule has 1 aliphatic heterocycles. The van der Waals surface area contributed by atoms with Crippen LogP contribution in [0.25, 0.3) is 10.8 Å². The largest absolute Gasteiger partial charge is 0.462 e. The number of nitrogens with zero attached hydrogens (tertiary/aromatic N) is 2. The van der Waals surface area contributed by atoms with Crippen molar-refractivity contribution in [1.29, 1.82) is 0 Å². The second kappa shape index (κ2) is 4.80. The SMILES string of the molecule is c1coc(-c2nc(CN3CCc4ccccc43)cs2)c1. The van der Waals surface area contributed by atoms with Gasteiger partial charge in [-0.1, -0.05) is 18.2 Å². The summed E-state index contributed by atoms with van der Waals surface area (Å²) in [4.78, 5) is 7.07. The van der Waals surface area contributed by atoms with Crippen molar-refractivity contribution in [3.05, 3.63) is 59.3 Å². The summed E-state index contributed by atoms with van der Waals surface area (Å²) in [5.74, 6) is 0.850. The van der Waals surface area contributed by atoms with Crippen molar-refractivity contribution in [2.24, 2.45) is 0 Å². The van der Waals surface area contributed by atoms with E-state index in [-0.39, 0.29) is 0 Å². The van der Waals surface area contributed by atoms with Crippen molar-refractivity contribution < 1.29 is 4.42 Å². The Morgan fingerprint density at radius 2 is 2.15 bits per heavy atom. The third-order valence-electron chi connectivity index (χ3n) is 3.62. The van der Waals surface area contributed by atoms with Crippen molar-refractivity contribution in [2.45, 2.75) is 13.0 Å². The second-order valence-electron chi connectivity index (χ2n) is 4.92. The monoisotopic (exact) mass is 282 g/mol. The molecule has 4 rings (SSSR count). The fourth-order valence-corrected chi connectivity index (χ4v) is 3.44. The van der Waals surface area contributed by atoms with E-state index in [2.05, 4.69) is 39.5 Å². The standard InChI is InChI=1S/C16H14N2OS/c1-2-5-14-12(4-1)7-8-18(14)10-13-11-20-16(17-13)15-6-3-9-19-15/h1-6,9,11H,7-8,10H2. The molecule has 0 unspecified atom stereocenters. The van der Waals surface area contributed by atoms with Crippen LogP contribution < -0.4 is 4.90 Å². The van der Waals surface area contributed by atoms with Crippen LogP contribution in [0.1, 0.15) is 11.3 Å². The normalized spacial score (nSPS) is 13.7. The van der Waals surface area contributed by atoms with Gasteiger partial charge >= 0.3 is 0 Å². The highest BCUT2D eigenvalue weighted by molar-refractivity contribution is 7.13. The first kappa shape index (κ1) is 11.7. The van der Waals surface area contributed by atoms with Gasteiger partial charge in [-0.05, 0) is 30.2 Å². The number of benzene rings is 1. The van der Waals surface area contributed by atoms with Crippen LogP contribution in [0.15, 0.2) is 52.5 Å². The van der Waals surface area contributed by atoms with Gasteiger partial charge in [0, 0.05) is 17.6 Å². The summed E-state index contributed by atoms with van der Waals surface area (Å²) in [5, 5.41) is 3.08. The van der Waals surface area contributed by atoms with Crippen LogP contribution in [0.4, 0.5) is 5.69 Å².